The first-order valence-corrected chi connectivity index (χ1v) is 6.49. The molecule has 0 aromatic rings. The highest BCUT2D eigenvalue weighted by atomic mass is 32.3. The molecule has 52 valence electrons. The van der Waals surface area contributed by atoms with Gasteiger partial charge >= 0.3 is 0 Å². The Labute approximate surface area is 59.8 Å². The van der Waals surface area contributed by atoms with Crippen molar-refractivity contribution < 1.29 is 0 Å². The van der Waals surface area contributed by atoms with Crippen LogP contribution in [0.25, 0.3) is 0 Å². The molecule has 8 heavy (non-hydrogen) atoms. The highest BCUT2D eigenvalue weighted by Gasteiger charge is 2.00. The van der Waals surface area contributed by atoms with Gasteiger partial charge in [0.25, 0.3) is 0 Å². The van der Waals surface area contributed by atoms with Crippen molar-refractivity contribution in [3.8, 4) is 0 Å². The lowest BCUT2D eigenvalue weighted by atomic mass is 10.6. The fourth-order valence-electron chi connectivity index (χ4n) is 0.498. The summed E-state index contributed by atoms with van der Waals surface area (Å²) in [5.74, 6) is 2.42. The lowest BCUT2D eigenvalue weighted by molar-refractivity contribution is 1.12. The summed E-state index contributed by atoms with van der Waals surface area (Å²) in [7, 11) is -0.235. The Morgan fingerprint density at radius 3 is 1.88 bits per heavy atom. The molecule has 0 aromatic heterocycles. The van der Waals surface area contributed by atoms with Gasteiger partial charge in [0.05, 0.1) is 0 Å². The van der Waals surface area contributed by atoms with E-state index in [2.05, 4.69) is 31.4 Å². The van der Waals surface area contributed by atoms with E-state index in [-0.39, 0.29) is 10.0 Å². The van der Waals surface area contributed by atoms with Crippen LogP contribution in [0.2, 0.25) is 0 Å². The van der Waals surface area contributed by atoms with Crippen LogP contribution in [0.1, 0.15) is 6.42 Å². The Hall–Kier alpha value is 0.700. The van der Waals surface area contributed by atoms with E-state index in [1.54, 1.807) is 0 Å². The van der Waals surface area contributed by atoms with Gasteiger partial charge in [0.2, 0.25) is 0 Å². The van der Waals surface area contributed by atoms with Crippen molar-refractivity contribution in [3.63, 3.8) is 0 Å². The summed E-state index contributed by atoms with van der Waals surface area (Å²) >= 11 is 4.15. The largest absolute Gasteiger partial charge is 0.250 e. The van der Waals surface area contributed by atoms with Crippen molar-refractivity contribution >= 4 is 22.7 Å². The normalized spacial score (nSPS) is 14.0. The van der Waals surface area contributed by atoms with E-state index < -0.39 is 0 Å². The first-order valence-electron chi connectivity index (χ1n) is 2.83. The van der Waals surface area contributed by atoms with Crippen LogP contribution in [-0.2, 0) is 0 Å². The molecule has 0 radical (unpaired) electrons. The molecule has 0 heterocycles. The molecule has 0 N–H and O–H groups in total. The first kappa shape index (κ1) is 8.70. The predicted molar refractivity (Wildman–Crippen MR) is 48.7 cm³/mol. The van der Waals surface area contributed by atoms with Crippen LogP contribution in [0.5, 0.6) is 0 Å². The van der Waals surface area contributed by atoms with E-state index in [4.69, 9.17) is 0 Å². The number of rotatable bonds is 3. The van der Waals surface area contributed by atoms with Gasteiger partial charge in [-0.1, -0.05) is 0 Å². The molecule has 0 atom stereocenters. The summed E-state index contributed by atoms with van der Waals surface area (Å²) in [6, 6.07) is 0. The molecule has 0 aromatic carbocycles. The molecule has 0 amide bonds. The monoisotopic (exact) mass is 152 g/mol. The molecular formula is C6H16S2. The summed E-state index contributed by atoms with van der Waals surface area (Å²) < 4.78 is 0. The van der Waals surface area contributed by atoms with E-state index in [1.807, 2.05) is 0 Å². The predicted octanol–water partition coefficient (Wildman–Crippen LogP) is 2.00. The van der Waals surface area contributed by atoms with Gasteiger partial charge in [-0.2, -0.15) is 12.6 Å². The third-order valence-electron chi connectivity index (χ3n) is 0.915. The number of hydrogen-bond acceptors (Lipinski definition) is 1. The minimum Gasteiger partial charge on any atom is -0.250 e. The fourth-order valence-corrected chi connectivity index (χ4v) is 1.88. The van der Waals surface area contributed by atoms with Gasteiger partial charge in [-0.15, -0.1) is 0 Å². The van der Waals surface area contributed by atoms with Gasteiger partial charge in [0, 0.05) is 0 Å². The second-order valence-electron chi connectivity index (χ2n) is 2.87. The molecule has 0 spiro atoms. The zero-order chi connectivity index (χ0) is 6.62. The minimum atomic E-state index is -0.235. The number of hydrogen-bond donors (Lipinski definition) is 1. The molecule has 0 saturated heterocycles. The first-order chi connectivity index (χ1) is 3.56. The molecule has 0 fully saturated rings. The molecular weight excluding hydrogens is 136 g/mol. The molecule has 0 aliphatic heterocycles. The van der Waals surface area contributed by atoms with Gasteiger partial charge in [-0.05, 0) is 36.7 Å². The molecule has 0 unspecified atom stereocenters. The maximum Gasteiger partial charge on any atom is -0.00906 e. The topological polar surface area (TPSA) is 0 Å². The Morgan fingerprint density at radius 1 is 1.25 bits per heavy atom. The Kier molecular flexibility index (Phi) is 4.00. The molecule has 0 bridgehead atoms. The van der Waals surface area contributed by atoms with E-state index in [0.717, 1.165) is 5.75 Å². The Balaban J connectivity index is 3.11. The maximum atomic E-state index is 4.15. The smallest absolute Gasteiger partial charge is 0.00906 e. The van der Waals surface area contributed by atoms with Crippen LogP contribution in [-0.4, -0.2) is 30.3 Å². The van der Waals surface area contributed by atoms with Crippen LogP contribution < -0.4 is 0 Å². The second-order valence-corrected chi connectivity index (χ2v) is 7.91. The Bertz CT molecular complexity index is 54.0. The van der Waals surface area contributed by atoms with Gasteiger partial charge in [-0.3, -0.25) is 0 Å². The molecule has 0 aliphatic rings. The van der Waals surface area contributed by atoms with Crippen LogP contribution in [0.3, 0.4) is 0 Å². The van der Waals surface area contributed by atoms with Crippen molar-refractivity contribution in [1.29, 1.82) is 0 Å². The average molecular weight is 152 g/mol. The SMILES string of the molecule is CS(C)(C)CCCS. The van der Waals surface area contributed by atoms with E-state index in [0.29, 0.717) is 0 Å². The fraction of sp³-hybridized carbons (Fsp3) is 1.00. The van der Waals surface area contributed by atoms with Gasteiger partial charge in [0.15, 0.2) is 0 Å². The van der Waals surface area contributed by atoms with Crippen molar-refractivity contribution in [3.05, 3.63) is 0 Å². The average Bonchev–Trinajstić information content (AvgIpc) is 1.59. The maximum absolute atomic E-state index is 4.15. The summed E-state index contributed by atoms with van der Waals surface area (Å²) in [6.45, 7) is 0. The summed E-state index contributed by atoms with van der Waals surface area (Å²) in [4.78, 5) is 0. The van der Waals surface area contributed by atoms with Crippen molar-refractivity contribution in [2.24, 2.45) is 0 Å². The number of thiol groups is 1. The molecule has 0 aliphatic carbocycles. The van der Waals surface area contributed by atoms with Crippen LogP contribution in [0, 0.1) is 0 Å². The zero-order valence-corrected chi connectivity index (χ0v) is 7.69. The molecule has 0 nitrogen and oxygen atoms in total. The third-order valence-corrected chi connectivity index (χ3v) is 2.74. The lowest BCUT2D eigenvalue weighted by Gasteiger charge is -2.24. The minimum absolute atomic E-state index is 0.235. The second kappa shape index (κ2) is 3.67. The van der Waals surface area contributed by atoms with Crippen molar-refractivity contribution in [2.45, 2.75) is 6.42 Å². The van der Waals surface area contributed by atoms with Crippen LogP contribution in [0.4, 0.5) is 0 Å². The van der Waals surface area contributed by atoms with E-state index in [1.165, 1.54) is 12.2 Å². The van der Waals surface area contributed by atoms with Crippen molar-refractivity contribution in [2.75, 3.05) is 30.3 Å². The molecule has 2 heteroatoms. The lowest BCUT2D eigenvalue weighted by Crippen LogP contribution is -1.98. The standard InChI is InChI=1S/C6H16S2/c1-8(2,3)6-4-5-7/h7H,4-6H2,1-3H3. The molecule has 0 saturated carbocycles. The third kappa shape index (κ3) is 6.70. The van der Waals surface area contributed by atoms with E-state index >= 15 is 0 Å². The molecule has 0 rings (SSSR count). The quantitative estimate of drug-likeness (QED) is 0.588. The van der Waals surface area contributed by atoms with Crippen LogP contribution >= 0.6 is 22.7 Å². The van der Waals surface area contributed by atoms with Gasteiger partial charge < -0.3 is 0 Å². The van der Waals surface area contributed by atoms with E-state index in [9.17, 15) is 0 Å². The highest BCUT2D eigenvalue weighted by Crippen LogP contribution is 2.34. The van der Waals surface area contributed by atoms with Crippen LogP contribution in [0.15, 0.2) is 0 Å². The summed E-state index contributed by atoms with van der Waals surface area (Å²) in [5, 5.41) is 0. The zero-order valence-electron chi connectivity index (χ0n) is 5.98. The summed E-state index contributed by atoms with van der Waals surface area (Å²) in [5.41, 5.74) is 0. The van der Waals surface area contributed by atoms with Gasteiger partial charge in [0.1, 0.15) is 0 Å². The highest BCUT2D eigenvalue weighted by molar-refractivity contribution is 8.32. The Morgan fingerprint density at radius 2 is 1.75 bits per heavy atom. The summed E-state index contributed by atoms with van der Waals surface area (Å²) in [6.07, 6.45) is 8.31. The van der Waals surface area contributed by atoms with Crippen molar-refractivity contribution in [1.82, 2.24) is 0 Å². The van der Waals surface area contributed by atoms with Gasteiger partial charge in [-0.25, -0.2) is 10.0 Å².